The van der Waals surface area contributed by atoms with Crippen LogP contribution in [0.25, 0.3) is 0 Å². The highest BCUT2D eigenvalue weighted by atomic mass is 19.2. The SMILES string of the molecule is CN1C(=O)C[C@@H](N)[C@H]1c1ccc(F)c(F)c1. The van der Waals surface area contributed by atoms with Crippen molar-refractivity contribution in [2.24, 2.45) is 5.73 Å². The Bertz CT molecular complexity index is 436. The molecule has 1 aromatic carbocycles. The summed E-state index contributed by atoms with van der Waals surface area (Å²) in [6, 6.07) is 2.85. The fourth-order valence-electron chi connectivity index (χ4n) is 2.07. The summed E-state index contributed by atoms with van der Waals surface area (Å²) in [6.45, 7) is 0. The summed E-state index contributed by atoms with van der Waals surface area (Å²) in [5.41, 5.74) is 6.33. The normalized spacial score (nSPS) is 25.2. The van der Waals surface area contributed by atoms with Crippen molar-refractivity contribution in [2.75, 3.05) is 7.05 Å². The van der Waals surface area contributed by atoms with Crippen LogP contribution >= 0.6 is 0 Å². The molecule has 16 heavy (non-hydrogen) atoms. The van der Waals surface area contributed by atoms with Gasteiger partial charge in [0.2, 0.25) is 5.91 Å². The molecule has 5 heteroatoms. The average Bonchev–Trinajstić information content (AvgIpc) is 2.47. The predicted molar refractivity (Wildman–Crippen MR) is 54.5 cm³/mol. The van der Waals surface area contributed by atoms with Crippen molar-refractivity contribution in [3.8, 4) is 0 Å². The number of nitrogens with zero attached hydrogens (tertiary/aromatic N) is 1. The molecule has 0 spiro atoms. The molecular weight excluding hydrogens is 214 g/mol. The number of nitrogens with two attached hydrogens (primary N) is 1. The van der Waals surface area contributed by atoms with Crippen molar-refractivity contribution in [1.29, 1.82) is 0 Å². The molecule has 1 aromatic rings. The Morgan fingerprint density at radius 1 is 1.38 bits per heavy atom. The van der Waals surface area contributed by atoms with E-state index in [9.17, 15) is 13.6 Å². The van der Waals surface area contributed by atoms with Gasteiger partial charge in [0.25, 0.3) is 0 Å². The number of benzene rings is 1. The van der Waals surface area contributed by atoms with Crippen molar-refractivity contribution >= 4 is 5.91 Å². The molecule has 0 bridgehead atoms. The van der Waals surface area contributed by atoms with Gasteiger partial charge in [-0.1, -0.05) is 6.07 Å². The zero-order chi connectivity index (χ0) is 11.9. The maximum Gasteiger partial charge on any atom is 0.224 e. The molecule has 0 radical (unpaired) electrons. The second kappa shape index (κ2) is 3.83. The lowest BCUT2D eigenvalue weighted by Gasteiger charge is -2.23. The number of likely N-dealkylation sites (tertiary alicyclic amines) is 1. The van der Waals surface area contributed by atoms with Crippen LogP contribution in [0.4, 0.5) is 8.78 Å². The summed E-state index contributed by atoms with van der Waals surface area (Å²) in [6.07, 6.45) is 0.236. The first-order chi connectivity index (χ1) is 7.50. The van der Waals surface area contributed by atoms with Gasteiger partial charge in [0.05, 0.1) is 6.04 Å². The number of carbonyl (C=O) groups is 1. The Balaban J connectivity index is 2.37. The second-order valence-corrected chi connectivity index (χ2v) is 3.99. The third kappa shape index (κ3) is 1.67. The lowest BCUT2D eigenvalue weighted by atomic mass is 10.0. The van der Waals surface area contributed by atoms with Crippen LogP contribution in [0.5, 0.6) is 0 Å². The maximum atomic E-state index is 13.1. The smallest absolute Gasteiger partial charge is 0.224 e. The molecule has 1 fully saturated rings. The molecule has 0 saturated carbocycles. The quantitative estimate of drug-likeness (QED) is 0.782. The fraction of sp³-hybridized carbons (Fsp3) is 0.364. The van der Waals surface area contributed by atoms with Crippen molar-refractivity contribution in [1.82, 2.24) is 4.90 Å². The summed E-state index contributed by atoms with van der Waals surface area (Å²) in [7, 11) is 1.61. The molecule has 2 N–H and O–H groups in total. The van der Waals surface area contributed by atoms with Crippen LogP contribution in [0.3, 0.4) is 0 Å². The first kappa shape index (κ1) is 11.0. The Labute approximate surface area is 91.8 Å². The molecule has 1 saturated heterocycles. The standard InChI is InChI=1S/C11H12F2N2O/c1-15-10(16)5-9(14)11(15)6-2-3-7(12)8(13)4-6/h2-4,9,11H,5,14H2,1H3/t9-,11-/m1/s1. The monoisotopic (exact) mass is 226 g/mol. The van der Waals surface area contributed by atoms with E-state index in [0.29, 0.717) is 5.56 Å². The number of amides is 1. The summed E-state index contributed by atoms with van der Waals surface area (Å²) in [5.74, 6) is -1.90. The molecule has 1 amide bonds. The number of rotatable bonds is 1. The predicted octanol–water partition coefficient (Wildman–Crippen LogP) is 1.20. The van der Waals surface area contributed by atoms with E-state index in [1.807, 2.05) is 0 Å². The van der Waals surface area contributed by atoms with E-state index < -0.39 is 11.6 Å². The molecule has 2 atom stereocenters. The minimum atomic E-state index is -0.919. The molecule has 0 aromatic heterocycles. The summed E-state index contributed by atoms with van der Waals surface area (Å²) < 4.78 is 25.8. The minimum absolute atomic E-state index is 0.0813. The van der Waals surface area contributed by atoms with Gasteiger partial charge >= 0.3 is 0 Å². The molecule has 0 aliphatic carbocycles. The van der Waals surface area contributed by atoms with Crippen molar-refractivity contribution in [3.63, 3.8) is 0 Å². The number of carbonyl (C=O) groups excluding carboxylic acids is 1. The molecule has 2 rings (SSSR count). The van der Waals surface area contributed by atoms with Crippen molar-refractivity contribution in [3.05, 3.63) is 35.4 Å². The molecule has 1 heterocycles. The molecular formula is C11H12F2N2O. The third-order valence-corrected chi connectivity index (χ3v) is 2.91. The molecule has 0 unspecified atom stereocenters. The molecule has 1 aliphatic heterocycles. The van der Waals surface area contributed by atoms with Crippen LogP contribution in [-0.2, 0) is 4.79 Å². The van der Waals surface area contributed by atoms with Gasteiger partial charge in [-0.15, -0.1) is 0 Å². The van der Waals surface area contributed by atoms with E-state index in [-0.39, 0.29) is 24.4 Å². The number of hydrogen-bond acceptors (Lipinski definition) is 2. The van der Waals surface area contributed by atoms with E-state index in [1.165, 1.54) is 11.0 Å². The van der Waals surface area contributed by atoms with Crippen molar-refractivity contribution in [2.45, 2.75) is 18.5 Å². The molecule has 1 aliphatic rings. The molecule has 86 valence electrons. The number of likely N-dealkylation sites (N-methyl/N-ethyl adjacent to an activating group) is 1. The van der Waals surface area contributed by atoms with Gasteiger partial charge in [-0.25, -0.2) is 8.78 Å². The van der Waals surface area contributed by atoms with Crippen LogP contribution in [-0.4, -0.2) is 23.9 Å². The van der Waals surface area contributed by atoms with Gasteiger partial charge in [0.1, 0.15) is 0 Å². The summed E-state index contributed by atoms with van der Waals surface area (Å²) >= 11 is 0. The van der Waals surface area contributed by atoms with E-state index >= 15 is 0 Å². The number of halogens is 2. The third-order valence-electron chi connectivity index (χ3n) is 2.91. The lowest BCUT2D eigenvalue weighted by Crippen LogP contribution is -2.30. The Morgan fingerprint density at radius 3 is 2.56 bits per heavy atom. The van der Waals surface area contributed by atoms with Crippen LogP contribution in [0.15, 0.2) is 18.2 Å². The topological polar surface area (TPSA) is 46.3 Å². The van der Waals surface area contributed by atoms with E-state index in [2.05, 4.69) is 0 Å². The van der Waals surface area contributed by atoms with Gasteiger partial charge in [-0.3, -0.25) is 4.79 Å². The van der Waals surface area contributed by atoms with Crippen molar-refractivity contribution < 1.29 is 13.6 Å². The van der Waals surface area contributed by atoms with E-state index in [1.54, 1.807) is 7.05 Å². The zero-order valence-corrected chi connectivity index (χ0v) is 8.78. The highest BCUT2D eigenvalue weighted by Gasteiger charge is 2.36. The Kier molecular flexibility index (Phi) is 2.63. The average molecular weight is 226 g/mol. The minimum Gasteiger partial charge on any atom is -0.337 e. The van der Waals surface area contributed by atoms with E-state index in [0.717, 1.165) is 12.1 Å². The van der Waals surface area contributed by atoms with Gasteiger partial charge in [0, 0.05) is 19.5 Å². The van der Waals surface area contributed by atoms with Crippen LogP contribution in [0.1, 0.15) is 18.0 Å². The van der Waals surface area contributed by atoms with Crippen LogP contribution < -0.4 is 5.73 Å². The van der Waals surface area contributed by atoms with Crippen LogP contribution in [0.2, 0.25) is 0 Å². The molecule has 3 nitrogen and oxygen atoms in total. The largest absolute Gasteiger partial charge is 0.337 e. The summed E-state index contributed by atoms with van der Waals surface area (Å²) in [5, 5.41) is 0. The number of hydrogen-bond donors (Lipinski definition) is 1. The van der Waals surface area contributed by atoms with Gasteiger partial charge in [-0.05, 0) is 17.7 Å². The van der Waals surface area contributed by atoms with Gasteiger partial charge in [-0.2, -0.15) is 0 Å². The van der Waals surface area contributed by atoms with E-state index in [4.69, 9.17) is 5.73 Å². The summed E-state index contributed by atoms with van der Waals surface area (Å²) in [4.78, 5) is 12.9. The first-order valence-corrected chi connectivity index (χ1v) is 4.97. The highest BCUT2D eigenvalue weighted by Crippen LogP contribution is 2.31. The second-order valence-electron chi connectivity index (χ2n) is 3.99. The fourth-order valence-corrected chi connectivity index (χ4v) is 2.07. The van der Waals surface area contributed by atoms with Gasteiger partial charge < -0.3 is 10.6 Å². The highest BCUT2D eigenvalue weighted by molar-refractivity contribution is 5.80. The Morgan fingerprint density at radius 2 is 2.06 bits per heavy atom. The maximum absolute atomic E-state index is 13.1. The Hall–Kier alpha value is -1.49. The lowest BCUT2D eigenvalue weighted by molar-refractivity contribution is -0.127. The zero-order valence-electron chi connectivity index (χ0n) is 8.78. The van der Waals surface area contributed by atoms with Gasteiger partial charge in [0.15, 0.2) is 11.6 Å². The van der Waals surface area contributed by atoms with Crippen LogP contribution in [0, 0.1) is 11.6 Å². The first-order valence-electron chi connectivity index (χ1n) is 4.97.